The average molecular weight is 443 g/mol. The molecule has 2 aromatic rings. The van der Waals surface area contributed by atoms with E-state index in [1.807, 2.05) is 18.2 Å². The average Bonchev–Trinajstić information content (AvgIpc) is 2.72. The van der Waals surface area contributed by atoms with Crippen molar-refractivity contribution < 1.29 is 27.8 Å². The number of carbonyl (C=O) groups excluding carboxylic acids is 1. The number of aryl methyl sites for hydroxylation is 1. The highest BCUT2D eigenvalue weighted by molar-refractivity contribution is 6.05. The number of alkyl halides is 3. The Kier molecular flexibility index (Phi) is 5.04. The Bertz CT molecular complexity index is 1100. The van der Waals surface area contributed by atoms with Gasteiger partial charge in [0, 0.05) is 30.2 Å². The summed E-state index contributed by atoms with van der Waals surface area (Å²) in [5.74, 6) is -0.152. The third kappa shape index (κ3) is 3.90. The largest absolute Gasteiger partial charge is 0.486 e. The van der Waals surface area contributed by atoms with E-state index in [0.29, 0.717) is 36.1 Å². The number of benzene rings is 2. The van der Waals surface area contributed by atoms with Crippen LogP contribution in [0.5, 0.6) is 5.75 Å². The van der Waals surface area contributed by atoms with Crippen molar-refractivity contribution in [2.45, 2.75) is 62.8 Å². The quantitative estimate of drug-likeness (QED) is 0.621. The molecule has 1 aliphatic heterocycles. The van der Waals surface area contributed by atoms with Crippen LogP contribution in [-0.2, 0) is 23.8 Å². The topological polar surface area (TPSA) is 58.6 Å². The fraction of sp³-hybridized carbons (Fsp3) is 0.400. The van der Waals surface area contributed by atoms with E-state index >= 15 is 0 Å². The Hall–Kier alpha value is -2.80. The highest BCUT2D eigenvalue weighted by atomic mass is 19.4. The van der Waals surface area contributed by atoms with Crippen LogP contribution in [0.3, 0.4) is 0 Å². The number of rotatable bonds is 2. The van der Waals surface area contributed by atoms with Crippen molar-refractivity contribution >= 4 is 17.2 Å². The number of hydrogen-bond acceptors (Lipinski definition) is 3. The summed E-state index contributed by atoms with van der Waals surface area (Å²) >= 11 is 0. The van der Waals surface area contributed by atoms with Gasteiger partial charge >= 0.3 is 6.18 Å². The van der Waals surface area contributed by atoms with Crippen molar-refractivity contribution in [3.05, 3.63) is 64.7 Å². The van der Waals surface area contributed by atoms with Gasteiger partial charge in [0.25, 0.3) is 0 Å². The van der Waals surface area contributed by atoms with Crippen molar-refractivity contribution in [1.82, 2.24) is 0 Å². The summed E-state index contributed by atoms with van der Waals surface area (Å²) in [4.78, 5) is 12.9. The molecule has 168 valence electrons. The molecule has 0 saturated heterocycles. The maximum Gasteiger partial charge on any atom is 0.416 e. The molecule has 0 radical (unpaired) electrons. The van der Waals surface area contributed by atoms with Gasteiger partial charge in [0.1, 0.15) is 11.4 Å². The number of hydrogen-bond donors (Lipinski definition) is 2. The predicted molar refractivity (Wildman–Crippen MR) is 114 cm³/mol. The van der Waals surface area contributed by atoms with Crippen molar-refractivity contribution in [3.63, 3.8) is 0 Å². The fourth-order valence-corrected chi connectivity index (χ4v) is 4.95. The Morgan fingerprint density at radius 1 is 1.22 bits per heavy atom. The second kappa shape index (κ2) is 7.66. The van der Waals surface area contributed by atoms with Crippen LogP contribution in [0.4, 0.5) is 18.9 Å². The van der Waals surface area contributed by atoms with Gasteiger partial charge in [-0.1, -0.05) is 18.2 Å². The van der Waals surface area contributed by atoms with Crippen LogP contribution in [0.1, 0.15) is 54.4 Å². The van der Waals surface area contributed by atoms with Gasteiger partial charge in [0.15, 0.2) is 0 Å². The summed E-state index contributed by atoms with van der Waals surface area (Å²) in [6.07, 6.45) is 1.50. The molecule has 1 fully saturated rings. The summed E-state index contributed by atoms with van der Waals surface area (Å²) in [5.41, 5.74) is 2.64. The van der Waals surface area contributed by atoms with E-state index in [1.165, 1.54) is 12.1 Å². The van der Waals surface area contributed by atoms with E-state index < -0.39 is 23.4 Å². The lowest BCUT2D eigenvalue weighted by atomic mass is 9.72. The molecular formula is C25H24F3NO3. The molecule has 5 rings (SSSR count). The fourth-order valence-electron chi connectivity index (χ4n) is 4.95. The third-order valence-electron chi connectivity index (χ3n) is 6.78. The zero-order valence-electron chi connectivity index (χ0n) is 17.5. The molecule has 3 aliphatic rings. The number of ether oxygens (including phenoxy) is 1. The molecule has 1 unspecified atom stereocenters. The molecule has 32 heavy (non-hydrogen) atoms. The van der Waals surface area contributed by atoms with Gasteiger partial charge in [-0.15, -0.1) is 0 Å². The first-order chi connectivity index (χ1) is 15.2. The zero-order valence-corrected chi connectivity index (χ0v) is 17.5. The van der Waals surface area contributed by atoms with Crippen LogP contribution in [-0.4, -0.2) is 22.7 Å². The first kappa shape index (κ1) is 21.1. The Labute approximate surface area is 184 Å². The monoisotopic (exact) mass is 443 g/mol. The van der Waals surface area contributed by atoms with Gasteiger partial charge in [0.05, 0.1) is 11.7 Å². The van der Waals surface area contributed by atoms with E-state index in [4.69, 9.17) is 4.74 Å². The predicted octanol–water partition coefficient (Wildman–Crippen LogP) is 5.28. The second-order valence-electron chi connectivity index (χ2n) is 9.02. The number of aliphatic hydroxyl groups is 1. The SMILES string of the molecule is O=C(/C=C1\CC2(CCC2)Oc2cc(C(F)(F)F)ccc21)Nc1cccc2c1CC(O)CC2. The molecule has 1 spiro atoms. The Morgan fingerprint density at radius 2 is 2.03 bits per heavy atom. The van der Waals surface area contributed by atoms with Crippen molar-refractivity contribution in [1.29, 1.82) is 0 Å². The number of carbonyl (C=O) groups is 1. The molecule has 1 atom stereocenters. The summed E-state index contributed by atoms with van der Waals surface area (Å²) in [6, 6.07) is 9.16. The van der Waals surface area contributed by atoms with Crippen LogP contribution in [0.25, 0.3) is 5.57 Å². The number of amides is 1. The van der Waals surface area contributed by atoms with Crippen LogP contribution in [0.2, 0.25) is 0 Å². The summed E-state index contributed by atoms with van der Waals surface area (Å²) in [5, 5.41) is 13.0. The Balaban J connectivity index is 1.46. The normalized spacial score (nSPS) is 22.5. The molecule has 7 heteroatoms. The van der Waals surface area contributed by atoms with Gasteiger partial charge in [-0.05, 0) is 67.0 Å². The van der Waals surface area contributed by atoms with Crippen molar-refractivity contribution in [3.8, 4) is 5.75 Å². The molecule has 2 aliphatic carbocycles. The molecule has 1 heterocycles. The second-order valence-corrected chi connectivity index (χ2v) is 9.02. The van der Waals surface area contributed by atoms with Crippen LogP contribution >= 0.6 is 0 Å². The minimum absolute atomic E-state index is 0.185. The molecule has 2 N–H and O–H groups in total. The van der Waals surface area contributed by atoms with E-state index in [2.05, 4.69) is 5.32 Å². The van der Waals surface area contributed by atoms with Crippen molar-refractivity contribution in [2.24, 2.45) is 0 Å². The van der Waals surface area contributed by atoms with Crippen LogP contribution < -0.4 is 10.1 Å². The van der Waals surface area contributed by atoms with Gasteiger partial charge in [0.2, 0.25) is 5.91 Å². The van der Waals surface area contributed by atoms with Crippen LogP contribution in [0.15, 0.2) is 42.5 Å². The zero-order chi connectivity index (χ0) is 22.5. The molecule has 0 bridgehead atoms. The molecule has 0 aromatic heterocycles. The first-order valence-corrected chi connectivity index (χ1v) is 10.9. The molecule has 2 aromatic carbocycles. The van der Waals surface area contributed by atoms with E-state index in [1.54, 1.807) is 0 Å². The lowest BCUT2D eigenvalue weighted by Gasteiger charge is -2.46. The lowest BCUT2D eigenvalue weighted by molar-refractivity contribution is -0.138. The molecule has 4 nitrogen and oxygen atoms in total. The highest BCUT2D eigenvalue weighted by Crippen LogP contribution is 2.50. The maximum atomic E-state index is 13.2. The standard InChI is InChI=1S/C25H24F3NO3/c26-25(27,28)17-6-8-19-16(14-24(9-2-10-24)32-22(19)12-17)11-23(31)29-21-4-1-3-15-5-7-18(30)13-20(15)21/h1,3-4,6,8,11-12,18,30H,2,5,7,9-10,13-14H2,(H,29,31)/b16-11+. The lowest BCUT2D eigenvalue weighted by Crippen LogP contribution is -2.45. The first-order valence-electron chi connectivity index (χ1n) is 10.9. The van der Waals surface area contributed by atoms with Gasteiger partial charge in [-0.3, -0.25) is 4.79 Å². The number of fused-ring (bicyclic) bond motifs is 2. The minimum atomic E-state index is -4.46. The number of nitrogens with one attached hydrogen (secondary N) is 1. The third-order valence-corrected chi connectivity index (χ3v) is 6.78. The summed E-state index contributed by atoms with van der Waals surface area (Å²) < 4.78 is 45.6. The van der Waals surface area contributed by atoms with Gasteiger partial charge in [-0.2, -0.15) is 13.2 Å². The molecule has 1 saturated carbocycles. The summed E-state index contributed by atoms with van der Waals surface area (Å²) in [7, 11) is 0. The molecular weight excluding hydrogens is 419 g/mol. The van der Waals surface area contributed by atoms with Crippen molar-refractivity contribution in [2.75, 3.05) is 5.32 Å². The number of anilines is 1. The van der Waals surface area contributed by atoms with E-state index in [0.717, 1.165) is 48.9 Å². The highest BCUT2D eigenvalue weighted by Gasteiger charge is 2.44. The minimum Gasteiger partial charge on any atom is -0.486 e. The van der Waals surface area contributed by atoms with Crippen LogP contribution in [0, 0.1) is 0 Å². The number of aliphatic hydroxyl groups excluding tert-OH is 1. The van der Waals surface area contributed by atoms with Gasteiger partial charge < -0.3 is 15.2 Å². The van der Waals surface area contributed by atoms with E-state index in [-0.39, 0.29) is 11.7 Å². The smallest absolute Gasteiger partial charge is 0.416 e. The summed E-state index contributed by atoms with van der Waals surface area (Å²) in [6.45, 7) is 0. The maximum absolute atomic E-state index is 13.2. The van der Waals surface area contributed by atoms with E-state index in [9.17, 15) is 23.1 Å². The molecule has 1 amide bonds. The Morgan fingerprint density at radius 3 is 2.75 bits per heavy atom. The number of halogens is 3. The van der Waals surface area contributed by atoms with Gasteiger partial charge in [-0.25, -0.2) is 0 Å².